The molecule has 0 spiro atoms. The minimum atomic E-state index is -0.900. The SMILES string of the molecule is Cc1cc(C)cc(C(=O)N2C(C(=O)O)CSC2C2CC2)c1. The van der Waals surface area contributed by atoms with E-state index >= 15 is 0 Å². The van der Waals surface area contributed by atoms with Gasteiger partial charge in [0, 0.05) is 11.3 Å². The molecule has 1 aliphatic heterocycles. The van der Waals surface area contributed by atoms with E-state index in [1.807, 2.05) is 32.0 Å². The number of thioether (sulfide) groups is 1. The summed E-state index contributed by atoms with van der Waals surface area (Å²) >= 11 is 1.61. The lowest BCUT2D eigenvalue weighted by atomic mass is 10.1. The Morgan fingerprint density at radius 1 is 1.19 bits per heavy atom. The van der Waals surface area contributed by atoms with E-state index in [4.69, 9.17) is 0 Å². The predicted molar refractivity (Wildman–Crippen MR) is 82.5 cm³/mol. The Balaban J connectivity index is 1.93. The number of hydrogen-bond acceptors (Lipinski definition) is 3. The Morgan fingerprint density at radius 3 is 2.33 bits per heavy atom. The second-order valence-electron chi connectivity index (χ2n) is 6.00. The Hall–Kier alpha value is -1.49. The fourth-order valence-electron chi connectivity index (χ4n) is 2.97. The van der Waals surface area contributed by atoms with Gasteiger partial charge in [-0.15, -0.1) is 11.8 Å². The van der Waals surface area contributed by atoms with Crippen LogP contribution in [-0.4, -0.2) is 39.1 Å². The zero-order chi connectivity index (χ0) is 15.1. The highest BCUT2D eigenvalue weighted by molar-refractivity contribution is 8.00. The number of aryl methyl sites for hydroxylation is 2. The molecular weight excluding hydrogens is 286 g/mol. The summed E-state index contributed by atoms with van der Waals surface area (Å²) < 4.78 is 0. The number of carbonyl (C=O) groups is 2. The van der Waals surface area contributed by atoms with Crippen LogP contribution in [-0.2, 0) is 4.79 Å². The second kappa shape index (κ2) is 5.37. The van der Waals surface area contributed by atoms with Gasteiger partial charge in [-0.05, 0) is 44.7 Å². The smallest absolute Gasteiger partial charge is 0.327 e. The molecule has 2 fully saturated rings. The molecule has 1 amide bonds. The summed E-state index contributed by atoms with van der Waals surface area (Å²) in [6, 6.07) is 5.01. The number of carboxylic acids is 1. The van der Waals surface area contributed by atoms with Crippen LogP contribution in [0.3, 0.4) is 0 Å². The molecule has 2 unspecified atom stereocenters. The number of nitrogens with zero attached hydrogens (tertiary/aromatic N) is 1. The Kier molecular flexibility index (Phi) is 3.69. The van der Waals surface area contributed by atoms with Crippen LogP contribution in [0, 0.1) is 19.8 Å². The minimum Gasteiger partial charge on any atom is -0.480 e. The van der Waals surface area contributed by atoms with Crippen LogP contribution in [0.2, 0.25) is 0 Å². The molecule has 112 valence electrons. The third kappa shape index (κ3) is 2.79. The third-order valence-electron chi connectivity index (χ3n) is 4.05. The van der Waals surface area contributed by atoms with Crippen molar-refractivity contribution in [1.82, 2.24) is 4.90 Å². The monoisotopic (exact) mass is 305 g/mol. The Bertz CT molecular complexity index is 577. The van der Waals surface area contributed by atoms with E-state index < -0.39 is 12.0 Å². The van der Waals surface area contributed by atoms with Crippen LogP contribution >= 0.6 is 11.8 Å². The first-order valence-corrected chi connectivity index (χ1v) is 8.27. The summed E-state index contributed by atoms with van der Waals surface area (Å²) in [5, 5.41) is 9.43. The van der Waals surface area contributed by atoms with Gasteiger partial charge in [-0.3, -0.25) is 4.79 Å². The van der Waals surface area contributed by atoms with Gasteiger partial charge < -0.3 is 10.0 Å². The molecule has 2 atom stereocenters. The number of aliphatic carboxylic acids is 1. The van der Waals surface area contributed by atoms with E-state index in [2.05, 4.69) is 0 Å². The minimum absolute atomic E-state index is 0.0272. The molecule has 4 nitrogen and oxygen atoms in total. The van der Waals surface area contributed by atoms with Crippen molar-refractivity contribution in [1.29, 1.82) is 0 Å². The molecule has 1 N–H and O–H groups in total. The first-order valence-electron chi connectivity index (χ1n) is 7.23. The van der Waals surface area contributed by atoms with Gasteiger partial charge in [-0.1, -0.05) is 17.2 Å². The fourth-order valence-corrected chi connectivity index (χ4v) is 4.60. The molecule has 1 aromatic carbocycles. The topological polar surface area (TPSA) is 57.6 Å². The Morgan fingerprint density at radius 2 is 1.81 bits per heavy atom. The lowest BCUT2D eigenvalue weighted by Gasteiger charge is -2.27. The largest absolute Gasteiger partial charge is 0.480 e. The molecule has 1 saturated heterocycles. The van der Waals surface area contributed by atoms with Crippen molar-refractivity contribution < 1.29 is 14.7 Å². The first kappa shape index (κ1) is 14.4. The number of carbonyl (C=O) groups excluding carboxylic acids is 1. The zero-order valence-corrected chi connectivity index (χ0v) is 13.0. The van der Waals surface area contributed by atoms with Gasteiger partial charge in [0.05, 0.1) is 5.37 Å². The zero-order valence-electron chi connectivity index (χ0n) is 12.2. The van der Waals surface area contributed by atoms with Gasteiger partial charge in [0.25, 0.3) is 5.91 Å². The van der Waals surface area contributed by atoms with E-state index in [1.165, 1.54) is 0 Å². The molecule has 0 radical (unpaired) electrons. The highest BCUT2D eigenvalue weighted by atomic mass is 32.2. The number of benzene rings is 1. The van der Waals surface area contributed by atoms with Gasteiger partial charge in [0.15, 0.2) is 0 Å². The molecule has 21 heavy (non-hydrogen) atoms. The van der Waals surface area contributed by atoms with Crippen molar-refractivity contribution in [3.8, 4) is 0 Å². The quantitative estimate of drug-likeness (QED) is 0.933. The van der Waals surface area contributed by atoms with E-state index in [9.17, 15) is 14.7 Å². The molecular formula is C16H19NO3S. The molecule has 0 bridgehead atoms. The summed E-state index contributed by atoms with van der Waals surface area (Å²) in [5.74, 6) is -0.0822. The van der Waals surface area contributed by atoms with Gasteiger partial charge in [0.2, 0.25) is 0 Å². The van der Waals surface area contributed by atoms with E-state index in [0.717, 1.165) is 24.0 Å². The van der Waals surface area contributed by atoms with E-state index in [0.29, 0.717) is 17.2 Å². The van der Waals surface area contributed by atoms with Gasteiger partial charge >= 0.3 is 5.97 Å². The van der Waals surface area contributed by atoms with Crippen molar-refractivity contribution >= 4 is 23.6 Å². The number of hydrogen-bond donors (Lipinski definition) is 1. The van der Waals surface area contributed by atoms with Crippen molar-refractivity contribution in [2.24, 2.45) is 5.92 Å². The lowest BCUT2D eigenvalue weighted by molar-refractivity contribution is -0.141. The third-order valence-corrected chi connectivity index (χ3v) is 5.51. The Labute approximate surface area is 128 Å². The van der Waals surface area contributed by atoms with Crippen LogP contribution in [0.1, 0.15) is 34.3 Å². The molecule has 1 saturated carbocycles. The van der Waals surface area contributed by atoms with Gasteiger partial charge in [-0.2, -0.15) is 0 Å². The maximum absolute atomic E-state index is 12.9. The standard InChI is InChI=1S/C16H19NO3S/c1-9-5-10(2)7-12(6-9)14(18)17-13(16(19)20)8-21-15(17)11-3-4-11/h5-7,11,13,15H,3-4,8H2,1-2H3,(H,19,20). The second-order valence-corrected chi connectivity index (χ2v) is 7.15. The molecule has 0 aromatic heterocycles. The molecule has 2 aliphatic rings. The molecule has 1 aromatic rings. The highest BCUT2D eigenvalue weighted by Crippen LogP contribution is 2.45. The van der Waals surface area contributed by atoms with E-state index in [-0.39, 0.29) is 11.3 Å². The molecule has 3 rings (SSSR count). The summed E-state index contributed by atoms with van der Waals surface area (Å²) in [6.45, 7) is 3.91. The number of rotatable bonds is 3. The summed E-state index contributed by atoms with van der Waals surface area (Å²) in [7, 11) is 0. The highest BCUT2D eigenvalue weighted by Gasteiger charge is 2.48. The fraction of sp³-hybridized carbons (Fsp3) is 0.500. The maximum Gasteiger partial charge on any atom is 0.327 e. The van der Waals surface area contributed by atoms with Crippen LogP contribution in [0.5, 0.6) is 0 Å². The van der Waals surface area contributed by atoms with Crippen LogP contribution in [0.25, 0.3) is 0 Å². The first-order chi connectivity index (χ1) is 9.97. The lowest BCUT2D eigenvalue weighted by Crippen LogP contribution is -2.46. The summed E-state index contributed by atoms with van der Waals surface area (Å²) in [5.41, 5.74) is 2.66. The summed E-state index contributed by atoms with van der Waals surface area (Å²) in [6.07, 6.45) is 2.20. The maximum atomic E-state index is 12.9. The normalized spacial score (nSPS) is 25.1. The van der Waals surface area contributed by atoms with Crippen molar-refractivity contribution in [2.45, 2.75) is 38.1 Å². The van der Waals surface area contributed by atoms with Gasteiger partial charge in [-0.25, -0.2) is 4.79 Å². The summed E-state index contributed by atoms with van der Waals surface area (Å²) in [4.78, 5) is 25.9. The van der Waals surface area contributed by atoms with Crippen LogP contribution in [0.15, 0.2) is 18.2 Å². The number of carboxylic acid groups (broad SMARTS) is 1. The molecule has 5 heteroatoms. The van der Waals surface area contributed by atoms with Gasteiger partial charge in [0.1, 0.15) is 6.04 Å². The number of amides is 1. The molecule has 1 heterocycles. The van der Waals surface area contributed by atoms with E-state index in [1.54, 1.807) is 16.7 Å². The molecule has 1 aliphatic carbocycles. The average molecular weight is 305 g/mol. The van der Waals surface area contributed by atoms with Crippen molar-refractivity contribution in [2.75, 3.05) is 5.75 Å². The van der Waals surface area contributed by atoms with Crippen molar-refractivity contribution in [3.63, 3.8) is 0 Å². The average Bonchev–Trinajstić information content (AvgIpc) is 3.15. The predicted octanol–water partition coefficient (Wildman–Crippen LogP) is 2.68. The van der Waals surface area contributed by atoms with Crippen LogP contribution < -0.4 is 0 Å². The van der Waals surface area contributed by atoms with Crippen molar-refractivity contribution in [3.05, 3.63) is 34.9 Å². The van der Waals surface area contributed by atoms with Crippen LogP contribution in [0.4, 0.5) is 0 Å².